The zero-order valence-corrected chi connectivity index (χ0v) is 14.5. The highest BCUT2D eigenvalue weighted by atomic mass is 16.2. The maximum atomic E-state index is 13.3. The third-order valence-electron chi connectivity index (χ3n) is 4.56. The van der Waals surface area contributed by atoms with Gasteiger partial charge in [-0.15, -0.1) is 0 Å². The Bertz CT molecular complexity index is 800. The van der Waals surface area contributed by atoms with Crippen LogP contribution in [0.5, 0.6) is 0 Å². The van der Waals surface area contributed by atoms with E-state index in [9.17, 15) is 19.2 Å². The van der Waals surface area contributed by atoms with Crippen LogP contribution in [0.15, 0.2) is 60.7 Å². The number of carbonyl (C=O) groups excluding carboxylic acids is 4. The van der Waals surface area contributed by atoms with Gasteiger partial charge in [0.05, 0.1) is 5.92 Å². The summed E-state index contributed by atoms with van der Waals surface area (Å²) in [6.45, 7) is 0. The van der Waals surface area contributed by atoms with Crippen LogP contribution in [0.4, 0.5) is 4.79 Å². The number of benzene rings is 2. The fourth-order valence-electron chi connectivity index (χ4n) is 3.13. The topological polar surface area (TPSA) is 74.8 Å². The van der Waals surface area contributed by atoms with E-state index < -0.39 is 35.5 Å². The molecule has 6 heteroatoms. The molecule has 26 heavy (non-hydrogen) atoms. The van der Waals surface area contributed by atoms with Crippen molar-refractivity contribution in [3.05, 3.63) is 71.8 Å². The molecule has 2 aromatic carbocycles. The van der Waals surface area contributed by atoms with Gasteiger partial charge in [0.25, 0.3) is 11.8 Å². The largest absolute Gasteiger partial charge is 0.332 e. The first-order valence-electron chi connectivity index (χ1n) is 8.16. The van der Waals surface area contributed by atoms with E-state index in [0.29, 0.717) is 11.1 Å². The molecular formula is C20H18N2O4. The first kappa shape index (κ1) is 17.5. The summed E-state index contributed by atoms with van der Waals surface area (Å²) >= 11 is 0. The van der Waals surface area contributed by atoms with Gasteiger partial charge in [0, 0.05) is 14.1 Å². The second-order valence-electron chi connectivity index (χ2n) is 6.17. The fourth-order valence-corrected chi connectivity index (χ4v) is 3.13. The van der Waals surface area contributed by atoms with Crippen molar-refractivity contribution >= 4 is 23.6 Å². The van der Waals surface area contributed by atoms with E-state index >= 15 is 0 Å². The van der Waals surface area contributed by atoms with Gasteiger partial charge in [0.15, 0.2) is 11.7 Å². The third kappa shape index (κ3) is 2.90. The van der Waals surface area contributed by atoms with Crippen LogP contribution in [0.1, 0.15) is 17.0 Å². The summed E-state index contributed by atoms with van der Waals surface area (Å²) in [5.74, 6) is -4.43. The smallest absolute Gasteiger partial charge is 0.297 e. The SMILES string of the molecule is CN1C(=O)C(C(=O)C(c2ccccc2)c2ccccc2)C(=O)N(C)C1=O. The highest BCUT2D eigenvalue weighted by Gasteiger charge is 2.48. The van der Waals surface area contributed by atoms with E-state index in [0.717, 1.165) is 9.80 Å². The van der Waals surface area contributed by atoms with Gasteiger partial charge in [-0.2, -0.15) is 0 Å². The Morgan fingerprint density at radius 2 is 1.15 bits per heavy atom. The number of carbonyl (C=O) groups is 4. The molecule has 0 saturated carbocycles. The van der Waals surface area contributed by atoms with Gasteiger partial charge in [0.1, 0.15) is 0 Å². The summed E-state index contributed by atoms with van der Waals surface area (Å²) in [6, 6.07) is 17.2. The molecule has 0 aliphatic carbocycles. The molecule has 1 saturated heterocycles. The first-order chi connectivity index (χ1) is 12.4. The maximum Gasteiger partial charge on any atom is 0.332 e. The number of rotatable bonds is 4. The van der Waals surface area contributed by atoms with Crippen LogP contribution >= 0.6 is 0 Å². The molecular weight excluding hydrogens is 332 g/mol. The Hall–Kier alpha value is -3.28. The lowest BCUT2D eigenvalue weighted by Crippen LogP contribution is -2.59. The molecule has 1 fully saturated rings. The summed E-state index contributed by atoms with van der Waals surface area (Å²) in [5, 5.41) is 0. The highest BCUT2D eigenvalue weighted by Crippen LogP contribution is 2.30. The number of nitrogens with zero attached hydrogens (tertiary/aromatic N) is 2. The van der Waals surface area contributed by atoms with Gasteiger partial charge in [0.2, 0.25) is 0 Å². The molecule has 0 radical (unpaired) electrons. The number of amides is 4. The van der Waals surface area contributed by atoms with Crippen LogP contribution in [-0.2, 0) is 14.4 Å². The van der Waals surface area contributed by atoms with Gasteiger partial charge in [-0.25, -0.2) is 4.79 Å². The molecule has 0 aromatic heterocycles. The van der Waals surface area contributed by atoms with Gasteiger partial charge in [-0.1, -0.05) is 60.7 Å². The van der Waals surface area contributed by atoms with E-state index in [1.807, 2.05) is 12.1 Å². The minimum Gasteiger partial charge on any atom is -0.297 e. The van der Waals surface area contributed by atoms with Crippen LogP contribution in [0.2, 0.25) is 0 Å². The van der Waals surface area contributed by atoms with E-state index in [1.54, 1.807) is 48.5 Å². The second kappa shape index (κ2) is 6.92. The third-order valence-corrected chi connectivity index (χ3v) is 4.56. The minimum absolute atomic E-state index is 0.538. The molecule has 132 valence electrons. The van der Waals surface area contributed by atoms with E-state index in [4.69, 9.17) is 0 Å². The van der Waals surface area contributed by atoms with Gasteiger partial charge < -0.3 is 0 Å². The standard InChI is InChI=1S/C20H18N2O4/c1-21-18(24)16(19(25)22(2)20(21)26)17(23)15(13-9-5-3-6-10-13)14-11-7-4-8-12-14/h3-12,15-16H,1-2H3. The predicted molar refractivity (Wildman–Crippen MR) is 94.2 cm³/mol. The lowest BCUT2D eigenvalue weighted by molar-refractivity contribution is -0.152. The summed E-state index contributed by atoms with van der Waals surface area (Å²) in [5.41, 5.74) is 1.37. The first-order valence-corrected chi connectivity index (χ1v) is 8.16. The Morgan fingerprint density at radius 3 is 1.54 bits per heavy atom. The van der Waals surface area contributed by atoms with Crippen molar-refractivity contribution in [2.24, 2.45) is 5.92 Å². The zero-order valence-electron chi connectivity index (χ0n) is 14.5. The number of urea groups is 1. The Balaban J connectivity index is 2.07. The maximum absolute atomic E-state index is 13.3. The minimum atomic E-state index is -1.53. The molecule has 2 aromatic rings. The molecule has 1 aliphatic heterocycles. The van der Waals surface area contributed by atoms with Crippen molar-refractivity contribution in [3.63, 3.8) is 0 Å². The number of barbiturate groups is 1. The quantitative estimate of drug-likeness (QED) is 0.791. The van der Waals surface area contributed by atoms with Crippen LogP contribution in [0, 0.1) is 5.92 Å². The molecule has 0 bridgehead atoms. The lowest BCUT2D eigenvalue weighted by Gasteiger charge is -2.33. The Labute approximate surface area is 151 Å². The number of ketones is 1. The van der Waals surface area contributed by atoms with Gasteiger partial charge >= 0.3 is 6.03 Å². The van der Waals surface area contributed by atoms with Crippen molar-refractivity contribution < 1.29 is 19.2 Å². The molecule has 4 amide bonds. The zero-order chi connectivity index (χ0) is 18.8. The van der Waals surface area contributed by atoms with E-state index in [-0.39, 0.29) is 0 Å². The fraction of sp³-hybridized carbons (Fsp3) is 0.200. The molecule has 1 heterocycles. The monoisotopic (exact) mass is 350 g/mol. The van der Waals surface area contributed by atoms with Gasteiger partial charge in [-0.05, 0) is 11.1 Å². The average Bonchev–Trinajstić information content (AvgIpc) is 2.67. The molecule has 3 rings (SSSR count). The van der Waals surface area contributed by atoms with Crippen molar-refractivity contribution in [1.82, 2.24) is 9.80 Å². The second-order valence-corrected chi connectivity index (χ2v) is 6.17. The summed E-state index contributed by atoms with van der Waals surface area (Å²) < 4.78 is 0. The van der Waals surface area contributed by atoms with Crippen LogP contribution in [-0.4, -0.2) is 47.5 Å². The van der Waals surface area contributed by atoms with Crippen molar-refractivity contribution in [1.29, 1.82) is 0 Å². The van der Waals surface area contributed by atoms with Crippen LogP contribution in [0.25, 0.3) is 0 Å². The number of imide groups is 2. The number of Topliss-reactive ketones (excluding diaryl/α,β-unsaturated/α-hetero) is 1. The van der Waals surface area contributed by atoms with Crippen molar-refractivity contribution in [2.45, 2.75) is 5.92 Å². The molecule has 0 N–H and O–H groups in total. The van der Waals surface area contributed by atoms with E-state index in [2.05, 4.69) is 0 Å². The average molecular weight is 350 g/mol. The predicted octanol–water partition coefficient (Wildman–Crippen LogP) is 2.05. The number of hydrogen-bond donors (Lipinski definition) is 0. The molecule has 0 spiro atoms. The number of hydrogen-bond acceptors (Lipinski definition) is 4. The molecule has 6 nitrogen and oxygen atoms in total. The summed E-state index contributed by atoms with van der Waals surface area (Å²) in [4.78, 5) is 51.9. The highest BCUT2D eigenvalue weighted by molar-refractivity contribution is 6.27. The normalized spacial score (nSPS) is 15.7. The molecule has 1 aliphatic rings. The Kier molecular flexibility index (Phi) is 4.67. The van der Waals surface area contributed by atoms with E-state index in [1.165, 1.54) is 14.1 Å². The van der Waals surface area contributed by atoms with Crippen molar-refractivity contribution in [2.75, 3.05) is 14.1 Å². The molecule has 0 unspecified atom stereocenters. The summed E-state index contributed by atoms with van der Waals surface area (Å²) in [7, 11) is 2.54. The Morgan fingerprint density at radius 1 is 0.769 bits per heavy atom. The van der Waals surface area contributed by atoms with Crippen LogP contribution in [0.3, 0.4) is 0 Å². The summed E-state index contributed by atoms with van der Waals surface area (Å²) in [6.07, 6.45) is 0. The van der Waals surface area contributed by atoms with Gasteiger partial charge in [-0.3, -0.25) is 24.2 Å². The molecule has 0 atom stereocenters. The van der Waals surface area contributed by atoms with Crippen LogP contribution < -0.4 is 0 Å². The van der Waals surface area contributed by atoms with Crippen molar-refractivity contribution in [3.8, 4) is 0 Å². The lowest BCUT2D eigenvalue weighted by atomic mass is 9.81.